The third kappa shape index (κ3) is 4.45. The number of pyridine rings is 1. The zero-order valence-electron chi connectivity index (χ0n) is 21.0. The van der Waals surface area contributed by atoms with E-state index in [1.807, 2.05) is 10.7 Å². The molecule has 1 aliphatic rings. The third-order valence-corrected chi connectivity index (χ3v) is 6.34. The largest absolute Gasteiger partial charge is 0.450 e. The third-order valence-electron chi connectivity index (χ3n) is 6.34. The number of aryl methyl sites for hydroxylation is 1. The smallest absolute Gasteiger partial charge is 0.210 e. The van der Waals surface area contributed by atoms with E-state index in [4.69, 9.17) is 15.6 Å². The molecule has 1 saturated carbocycles. The summed E-state index contributed by atoms with van der Waals surface area (Å²) >= 11 is 0. The lowest BCUT2D eigenvalue weighted by Gasteiger charge is -2.34. The highest BCUT2D eigenvalue weighted by Gasteiger charge is 2.34. The molecule has 0 spiro atoms. The Kier molecular flexibility index (Phi) is 6.01. The first-order chi connectivity index (χ1) is 17.7. The van der Waals surface area contributed by atoms with Crippen LogP contribution in [0, 0.1) is 11.3 Å². The average Bonchev–Trinajstić information content (AvgIpc) is 3.42. The maximum atomic E-state index is 10.0. The molecule has 4 aromatic heterocycles. The van der Waals surface area contributed by atoms with Crippen LogP contribution in [0.2, 0.25) is 0 Å². The fraction of sp³-hybridized carbons (Fsp3) is 0.360. The first-order valence-electron chi connectivity index (χ1n) is 11.9. The molecule has 4 aromatic rings. The van der Waals surface area contributed by atoms with Gasteiger partial charge in [-0.15, -0.1) is 0 Å². The maximum absolute atomic E-state index is 10.0. The first kappa shape index (κ1) is 24.2. The lowest BCUT2D eigenvalue weighted by molar-refractivity contribution is 0.0411. The summed E-state index contributed by atoms with van der Waals surface area (Å²) in [4.78, 5) is 17.2. The molecule has 4 heterocycles. The van der Waals surface area contributed by atoms with Gasteiger partial charge in [0.25, 0.3) is 0 Å². The van der Waals surface area contributed by atoms with Crippen molar-refractivity contribution in [1.82, 2.24) is 34.3 Å². The number of aliphatic hydroxyl groups excluding tert-OH is 1. The van der Waals surface area contributed by atoms with Gasteiger partial charge in [-0.25, -0.2) is 9.97 Å². The second kappa shape index (κ2) is 9.18. The molecule has 1 aliphatic carbocycles. The molecule has 0 unspecified atom stereocenters. The van der Waals surface area contributed by atoms with Crippen molar-refractivity contribution in [3.8, 4) is 11.8 Å². The summed E-state index contributed by atoms with van der Waals surface area (Å²) in [5.74, 6) is 1.55. The van der Waals surface area contributed by atoms with Crippen molar-refractivity contribution >= 4 is 28.7 Å². The number of fused-ring (bicyclic) bond motifs is 1. The summed E-state index contributed by atoms with van der Waals surface area (Å²) in [6.07, 6.45) is 8.35. The molecule has 190 valence electrons. The zero-order chi connectivity index (χ0) is 26.3. The van der Waals surface area contributed by atoms with Gasteiger partial charge in [-0.2, -0.15) is 15.3 Å². The van der Waals surface area contributed by atoms with Gasteiger partial charge < -0.3 is 25.5 Å². The van der Waals surface area contributed by atoms with Crippen molar-refractivity contribution in [3.05, 3.63) is 54.0 Å². The molecule has 1 fully saturated rings. The standard InChI is InChI=1S/C25H28N10O2/c1-25(2,3)20-9-21(33-35(20)14-7-15(36)8-14)31-24-32-23-22(34(24)4)16(10-26)19(13-30-23)37-18(11-27)17-12-28-5-6-29-17/h5-6,9,11-15,36H,7-8,27H2,1-4H3,(H,30,31,32,33)/b18-11+. The minimum atomic E-state index is -0.284. The number of ether oxygens (including phenoxy) is 1. The number of nitrogens with zero attached hydrogens (tertiary/aromatic N) is 8. The highest BCUT2D eigenvalue weighted by atomic mass is 16.5. The molecular weight excluding hydrogens is 472 g/mol. The average molecular weight is 501 g/mol. The lowest BCUT2D eigenvalue weighted by atomic mass is 9.87. The minimum absolute atomic E-state index is 0.140. The van der Waals surface area contributed by atoms with Crippen LogP contribution in [0.1, 0.15) is 56.6 Å². The van der Waals surface area contributed by atoms with E-state index in [0.717, 1.165) is 5.69 Å². The fourth-order valence-corrected chi connectivity index (χ4v) is 4.34. The van der Waals surface area contributed by atoms with E-state index < -0.39 is 0 Å². The van der Waals surface area contributed by atoms with Crippen LogP contribution >= 0.6 is 0 Å². The van der Waals surface area contributed by atoms with E-state index >= 15 is 0 Å². The number of nitrogens with two attached hydrogens (primary N) is 1. The van der Waals surface area contributed by atoms with Gasteiger partial charge in [0.2, 0.25) is 5.95 Å². The van der Waals surface area contributed by atoms with Gasteiger partial charge in [0.1, 0.15) is 22.8 Å². The van der Waals surface area contributed by atoms with Crippen molar-refractivity contribution in [2.45, 2.75) is 51.2 Å². The number of nitriles is 1. The van der Waals surface area contributed by atoms with Gasteiger partial charge in [0.05, 0.1) is 24.5 Å². The summed E-state index contributed by atoms with van der Waals surface area (Å²) in [6.45, 7) is 6.39. The number of rotatable bonds is 6. The predicted molar refractivity (Wildman–Crippen MR) is 137 cm³/mol. The van der Waals surface area contributed by atoms with Gasteiger partial charge in [-0.3, -0.25) is 9.67 Å². The van der Waals surface area contributed by atoms with E-state index in [1.54, 1.807) is 17.8 Å². The lowest BCUT2D eigenvalue weighted by Crippen LogP contribution is -2.34. The number of aliphatic hydroxyl groups is 1. The molecule has 4 N–H and O–H groups in total. The Morgan fingerprint density at radius 1 is 1.27 bits per heavy atom. The molecule has 37 heavy (non-hydrogen) atoms. The maximum Gasteiger partial charge on any atom is 0.210 e. The number of hydrogen-bond acceptors (Lipinski definition) is 10. The molecule has 0 aliphatic heterocycles. The summed E-state index contributed by atoms with van der Waals surface area (Å²) in [5, 5.41) is 27.9. The molecule has 0 amide bonds. The van der Waals surface area contributed by atoms with E-state index in [9.17, 15) is 10.4 Å². The highest BCUT2D eigenvalue weighted by molar-refractivity contribution is 5.84. The summed E-state index contributed by atoms with van der Waals surface area (Å²) in [7, 11) is 1.79. The normalized spacial score (nSPS) is 17.9. The number of anilines is 2. The van der Waals surface area contributed by atoms with Crippen LogP contribution < -0.4 is 15.8 Å². The fourth-order valence-electron chi connectivity index (χ4n) is 4.34. The van der Waals surface area contributed by atoms with E-state index in [1.165, 1.54) is 24.8 Å². The van der Waals surface area contributed by atoms with E-state index in [-0.39, 0.29) is 34.6 Å². The molecule has 0 atom stereocenters. The van der Waals surface area contributed by atoms with Crippen LogP contribution in [-0.2, 0) is 12.5 Å². The molecule has 12 nitrogen and oxygen atoms in total. The van der Waals surface area contributed by atoms with Crippen LogP contribution in [0.4, 0.5) is 11.8 Å². The molecular formula is C25H28N10O2. The summed E-state index contributed by atoms with van der Waals surface area (Å²) in [6, 6.07) is 4.36. The monoisotopic (exact) mass is 500 g/mol. The van der Waals surface area contributed by atoms with Gasteiger partial charge in [-0.1, -0.05) is 20.8 Å². The van der Waals surface area contributed by atoms with Gasteiger partial charge in [-0.05, 0) is 12.8 Å². The van der Waals surface area contributed by atoms with Crippen LogP contribution in [0.3, 0.4) is 0 Å². The van der Waals surface area contributed by atoms with E-state index in [2.05, 4.69) is 52.1 Å². The second-order valence-corrected chi connectivity index (χ2v) is 10.0. The van der Waals surface area contributed by atoms with Crippen molar-refractivity contribution < 1.29 is 9.84 Å². The van der Waals surface area contributed by atoms with Crippen molar-refractivity contribution in [2.75, 3.05) is 5.32 Å². The van der Waals surface area contributed by atoms with Crippen molar-refractivity contribution in [3.63, 3.8) is 0 Å². The van der Waals surface area contributed by atoms with Gasteiger partial charge in [0.15, 0.2) is 23.0 Å². The van der Waals surface area contributed by atoms with Crippen molar-refractivity contribution in [1.29, 1.82) is 5.26 Å². The number of nitrogens with one attached hydrogen (secondary N) is 1. The van der Waals surface area contributed by atoms with Crippen LogP contribution in [0.25, 0.3) is 16.9 Å². The Labute approximate surface area is 213 Å². The Bertz CT molecular complexity index is 1520. The number of imidazole rings is 1. The van der Waals surface area contributed by atoms with Crippen LogP contribution in [0.5, 0.6) is 5.75 Å². The predicted octanol–water partition coefficient (Wildman–Crippen LogP) is 2.90. The quantitative estimate of drug-likeness (QED) is 0.335. The van der Waals surface area contributed by atoms with Gasteiger partial charge >= 0.3 is 0 Å². The Balaban J connectivity index is 1.49. The number of aromatic nitrogens is 7. The molecule has 5 rings (SSSR count). The summed E-state index contributed by atoms with van der Waals surface area (Å²) in [5.41, 5.74) is 8.22. The summed E-state index contributed by atoms with van der Waals surface area (Å²) < 4.78 is 9.66. The number of hydrogen-bond donors (Lipinski definition) is 3. The Morgan fingerprint density at radius 3 is 2.68 bits per heavy atom. The van der Waals surface area contributed by atoms with Crippen LogP contribution in [0.15, 0.2) is 37.1 Å². The topological polar surface area (TPSA) is 166 Å². The molecule has 12 heteroatoms. The molecule has 0 saturated heterocycles. The molecule has 0 aromatic carbocycles. The zero-order valence-corrected chi connectivity index (χ0v) is 21.0. The SMILES string of the molecule is Cn1c(Nc2cc(C(C)(C)C)n(C3CC(O)C3)n2)nc2ncc(O/C(=C/N)c3cnccn3)c(C#N)c21. The van der Waals surface area contributed by atoms with Crippen LogP contribution in [-0.4, -0.2) is 45.5 Å². The van der Waals surface area contributed by atoms with Crippen molar-refractivity contribution in [2.24, 2.45) is 12.8 Å². The highest BCUT2D eigenvalue weighted by Crippen LogP contribution is 2.37. The first-order valence-corrected chi connectivity index (χ1v) is 11.9. The Hall–Kier alpha value is -4.50. The van der Waals surface area contributed by atoms with E-state index in [0.29, 0.717) is 41.5 Å². The molecule has 0 radical (unpaired) electrons. The second-order valence-electron chi connectivity index (χ2n) is 10.0. The minimum Gasteiger partial charge on any atom is -0.450 e. The van der Waals surface area contributed by atoms with Gasteiger partial charge in [0, 0.05) is 42.8 Å². The Morgan fingerprint density at radius 2 is 2.05 bits per heavy atom. The molecule has 0 bridgehead atoms.